The van der Waals surface area contributed by atoms with Crippen LogP contribution in [0.15, 0.2) is 24.3 Å². The van der Waals surface area contributed by atoms with E-state index in [0.29, 0.717) is 5.02 Å². The van der Waals surface area contributed by atoms with Crippen molar-refractivity contribution in [2.24, 2.45) is 5.92 Å². The Morgan fingerprint density at radius 2 is 2.11 bits per heavy atom. The van der Waals surface area contributed by atoms with Gasteiger partial charge in [-0.1, -0.05) is 56.2 Å². The topological polar surface area (TPSA) is 20.2 Å². The summed E-state index contributed by atoms with van der Waals surface area (Å²) < 4.78 is 0. The summed E-state index contributed by atoms with van der Waals surface area (Å²) in [5, 5.41) is 10.7. The molecule has 1 rings (SSSR count). The van der Waals surface area contributed by atoms with E-state index in [2.05, 4.69) is 25.7 Å². The van der Waals surface area contributed by atoms with Crippen LogP contribution in [0.25, 0.3) is 0 Å². The molecule has 1 aromatic carbocycles. The highest BCUT2D eigenvalue weighted by Gasteiger charge is 2.14. The summed E-state index contributed by atoms with van der Waals surface area (Å²) in [4.78, 5) is 0. The van der Waals surface area contributed by atoms with Gasteiger partial charge < -0.3 is 5.11 Å². The molecule has 0 saturated heterocycles. The van der Waals surface area contributed by atoms with Crippen molar-refractivity contribution >= 4 is 11.6 Å². The Kier molecular flexibility index (Phi) is 6.86. The van der Waals surface area contributed by atoms with Gasteiger partial charge in [0.1, 0.15) is 6.10 Å². The van der Waals surface area contributed by atoms with Gasteiger partial charge in [0.25, 0.3) is 0 Å². The Hall–Kier alpha value is -0.970. The van der Waals surface area contributed by atoms with Crippen molar-refractivity contribution in [1.29, 1.82) is 0 Å². The first-order chi connectivity index (χ1) is 8.67. The molecule has 0 aromatic heterocycles. The van der Waals surface area contributed by atoms with E-state index in [4.69, 9.17) is 11.6 Å². The summed E-state index contributed by atoms with van der Waals surface area (Å²) in [6.07, 6.45) is 3.77. The Bertz CT molecular complexity index is 417. The number of hydrogen-bond acceptors (Lipinski definition) is 1. The van der Waals surface area contributed by atoms with Crippen LogP contribution in [-0.4, -0.2) is 11.2 Å². The van der Waals surface area contributed by atoms with Crippen molar-refractivity contribution in [1.82, 2.24) is 0 Å². The fourth-order valence-corrected chi connectivity index (χ4v) is 2.08. The zero-order valence-corrected chi connectivity index (χ0v) is 11.9. The van der Waals surface area contributed by atoms with E-state index < -0.39 is 6.10 Å². The van der Waals surface area contributed by atoms with Gasteiger partial charge in [0, 0.05) is 10.6 Å². The quantitative estimate of drug-likeness (QED) is 0.788. The summed E-state index contributed by atoms with van der Waals surface area (Å²) in [7, 11) is 0. The zero-order chi connectivity index (χ0) is 13.4. The van der Waals surface area contributed by atoms with Crippen molar-refractivity contribution in [3.8, 4) is 11.8 Å². The maximum atomic E-state index is 10.1. The average Bonchev–Trinajstić information content (AvgIpc) is 2.37. The predicted molar refractivity (Wildman–Crippen MR) is 77.6 cm³/mol. The number of halogens is 1. The molecule has 2 unspecified atom stereocenters. The van der Waals surface area contributed by atoms with Crippen LogP contribution in [-0.2, 0) is 0 Å². The monoisotopic (exact) mass is 264 g/mol. The second-order valence-corrected chi connectivity index (χ2v) is 4.97. The van der Waals surface area contributed by atoms with Crippen molar-refractivity contribution in [3.05, 3.63) is 34.9 Å². The SMILES string of the molecule is CCCCC(CC)C(O)C#Cc1cccc(Cl)c1. The standard InChI is InChI=1S/C16H21ClO/c1-3-5-8-14(4-2)16(18)11-10-13-7-6-9-15(17)12-13/h6-7,9,12,14,16,18H,3-5,8H2,1-2H3. The highest BCUT2D eigenvalue weighted by molar-refractivity contribution is 6.30. The van der Waals surface area contributed by atoms with Crippen molar-refractivity contribution < 1.29 is 5.11 Å². The third kappa shape index (κ3) is 5.12. The molecule has 0 spiro atoms. The van der Waals surface area contributed by atoms with Gasteiger partial charge in [0.05, 0.1) is 0 Å². The van der Waals surface area contributed by atoms with Crippen LogP contribution in [0, 0.1) is 17.8 Å². The molecule has 0 amide bonds. The van der Waals surface area contributed by atoms with Gasteiger partial charge in [-0.3, -0.25) is 0 Å². The highest BCUT2D eigenvalue weighted by atomic mass is 35.5. The number of hydrogen-bond donors (Lipinski definition) is 1. The molecule has 0 aliphatic rings. The molecule has 0 aliphatic carbocycles. The molecule has 0 aliphatic heterocycles. The number of rotatable bonds is 5. The Labute approximate surface area is 115 Å². The first-order valence-electron chi connectivity index (χ1n) is 6.62. The molecule has 0 fully saturated rings. The first kappa shape index (κ1) is 15.1. The lowest BCUT2D eigenvalue weighted by molar-refractivity contribution is 0.150. The average molecular weight is 265 g/mol. The summed E-state index contributed by atoms with van der Waals surface area (Å²) in [6.45, 7) is 4.27. The lowest BCUT2D eigenvalue weighted by Crippen LogP contribution is -2.17. The van der Waals surface area contributed by atoms with Crippen molar-refractivity contribution in [2.45, 2.75) is 45.6 Å². The van der Waals surface area contributed by atoms with E-state index in [9.17, 15) is 5.11 Å². The largest absolute Gasteiger partial charge is 0.380 e. The Morgan fingerprint density at radius 3 is 2.72 bits per heavy atom. The van der Waals surface area contributed by atoms with Gasteiger partial charge in [0.2, 0.25) is 0 Å². The lowest BCUT2D eigenvalue weighted by Gasteiger charge is -2.16. The van der Waals surface area contributed by atoms with Crippen LogP contribution in [0.5, 0.6) is 0 Å². The van der Waals surface area contributed by atoms with Crippen molar-refractivity contribution in [3.63, 3.8) is 0 Å². The normalized spacial score (nSPS) is 13.6. The van der Waals surface area contributed by atoms with Gasteiger partial charge in [-0.2, -0.15) is 0 Å². The Morgan fingerprint density at radius 1 is 1.33 bits per heavy atom. The van der Waals surface area contributed by atoms with Crippen molar-refractivity contribution in [2.75, 3.05) is 0 Å². The zero-order valence-electron chi connectivity index (χ0n) is 11.1. The Balaban J connectivity index is 2.65. The molecular formula is C16H21ClO. The maximum absolute atomic E-state index is 10.1. The van der Waals surface area contributed by atoms with E-state index in [0.717, 1.165) is 31.2 Å². The summed E-state index contributed by atoms with van der Waals surface area (Å²) in [5.74, 6) is 6.20. The van der Waals surface area contributed by atoms with Crippen LogP contribution in [0.1, 0.15) is 45.1 Å². The lowest BCUT2D eigenvalue weighted by atomic mass is 9.93. The van der Waals surface area contributed by atoms with E-state index in [1.165, 1.54) is 0 Å². The van der Waals surface area contributed by atoms with Crippen LogP contribution in [0.2, 0.25) is 5.02 Å². The van der Waals surface area contributed by atoms with Gasteiger partial charge in [0.15, 0.2) is 0 Å². The van der Waals surface area contributed by atoms with Crippen LogP contribution < -0.4 is 0 Å². The molecule has 2 heteroatoms. The third-order valence-corrected chi connectivity index (χ3v) is 3.32. The van der Waals surface area contributed by atoms with Crippen LogP contribution in [0.4, 0.5) is 0 Å². The van der Waals surface area contributed by atoms with Crippen LogP contribution >= 0.6 is 11.6 Å². The molecule has 18 heavy (non-hydrogen) atoms. The minimum Gasteiger partial charge on any atom is -0.380 e. The predicted octanol–water partition coefficient (Wildman–Crippen LogP) is 4.27. The van der Waals surface area contributed by atoms with E-state index in [1.807, 2.05) is 24.3 Å². The molecule has 0 bridgehead atoms. The molecule has 1 N–H and O–H groups in total. The van der Waals surface area contributed by atoms with Gasteiger partial charge in [-0.15, -0.1) is 0 Å². The van der Waals surface area contributed by atoms with E-state index >= 15 is 0 Å². The molecule has 0 heterocycles. The third-order valence-electron chi connectivity index (χ3n) is 3.09. The molecule has 0 saturated carbocycles. The van der Waals surface area contributed by atoms with E-state index in [-0.39, 0.29) is 5.92 Å². The molecule has 1 aromatic rings. The summed E-state index contributed by atoms with van der Waals surface area (Å²) >= 11 is 5.89. The minimum absolute atomic E-state index is 0.275. The summed E-state index contributed by atoms with van der Waals surface area (Å²) in [5.41, 5.74) is 0.854. The number of unbranched alkanes of at least 4 members (excludes halogenated alkanes) is 1. The molecule has 2 atom stereocenters. The smallest absolute Gasteiger partial charge is 0.117 e. The first-order valence-corrected chi connectivity index (χ1v) is 7.00. The fraction of sp³-hybridized carbons (Fsp3) is 0.500. The van der Waals surface area contributed by atoms with E-state index in [1.54, 1.807) is 0 Å². The fourth-order valence-electron chi connectivity index (χ4n) is 1.89. The van der Waals surface area contributed by atoms with Gasteiger partial charge in [-0.05, 0) is 37.0 Å². The maximum Gasteiger partial charge on any atom is 0.117 e. The second kappa shape index (κ2) is 8.19. The second-order valence-electron chi connectivity index (χ2n) is 4.54. The van der Waals surface area contributed by atoms with Gasteiger partial charge >= 0.3 is 0 Å². The molecule has 1 nitrogen and oxygen atoms in total. The summed E-state index contributed by atoms with van der Waals surface area (Å²) in [6, 6.07) is 7.40. The molecule has 0 radical (unpaired) electrons. The van der Waals surface area contributed by atoms with Gasteiger partial charge in [-0.25, -0.2) is 0 Å². The number of aliphatic hydroxyl groups excluding tert-OH is 1. The molecular weight excluding hydrogens is 244 g/mol. The minimum atomic E-state index is -0.541. The number of aliphatic hydroxyl groups is 1. The van der Waals surface area contributed by atoms with Crippen LogP contribution in [0.3, 0.4) is 0 Å². The molecule has 98 valence electrons. The number of benzene rings is 1. The highest BCUT2D eigenvalue weighted by Crippen LogP contribution is 2.17.